The van der Waals surface area contributed by atoms with Gasteiger partial charge in [-0.2, -0.15) is 5.10 Å². The van der Waals surface area contributed by atoms with E-state index in [1.54, 1.807) is 27.9 Å². The van der Waals surface area contributed by atoms with Crippen LogP contribution in [0.5, 0.6) is 5.75 Å². The van der Waals surface area contributed by atoms with Gasteiger partial charge in [0.25, 0.3) is 0 Å². The molecule has 12 nitrogen and oxygen atoms in total. The summed E-state index contributed by atoms with van der Waals surface area (Å²) in [6.45, 7) is 11.8. The zero-order chi connectivity index (χ0) is 31.6. The number of likely N-dealkylation sites (tertiary alicyclic amines) is 1. The molecule has 0 N–H and O–H groups in total. The maximum Gasteiger partial charge on any atom is 0.410 e. The second-order valence-electron chi connectivity index (χ2n) is 13.3. The largest absolute Gasteiger partial charge is 0.490 e. The molecule has 13 heteroatoms. The lowest BCUT2D eigenvalue weighted by Crippen LogP contribution is -2.56. The monoisotopic (exact) mass is 615 g/mol. The van der Waals surface area contributed by atoms with Crippen LogP contribution >= 0.6 is 0 Å². The highest BCUT2D eigenvalue weighted by Gasteiger charge is 2.39. The number of methoxy groups -OCH3 is 1. The highest BCUT2D eigenvalue weighted by atomic mass is 19.1. The molecule has 1 amide bonds. The summed E-state index contributed by atoms with van der Waals surface area (Å²) in [4.78, 5) is 32.4. The summed E-state index contributed by atoms with van der Waals surface area (Å²) in [7, 11) is 3.29. The van der Waals surface area contributed by atoms with Crippen LogP contribution in [0.2, 0.25) is 0 Å². The van der Waals surface area contributed by atoms with Crippen LogP contribution in [-0.2, 0) is 11.8 Å². The van der Waals surface area contributed by atoms with E-state index in [1.165, 1.54) is 7.11 Å². The SMILES string of the molecule is COc1cc(N2CCC(N3CCN(CC4(F)CCN(C(=O)OC(C)(C)C)CC4)CC3)CC2)c(-c2cnn(C)c2)cc1[N+](=O)[O-]. The van der Waals surface area contributed by atoms with Gasteiger partial charge >= 0.3 is 11.8 Å². The molecule has 5 rings (SSSR count). The van der Waals surface area contributed by atoms with Crippen molar-refractivity contribution >= 4 is 17.5 Å². The third-order valence-corrected chi connectivity index (χ3v) is 9.06. The van der Waals surface area contributed by atoms with Gasteiger partial charge in [-0.3, -0.25) is 24.6 Å². The van der Waals surface area contributed by atoms with E-state index in [2.05, 4.69) is 19.8 Å². The van der Waals surface area contributed by atoms with Gasteiger partial charge < -0.3 is 19.3 Å². The molecule has 44 heavy (non-hydrogen) atoms. The molecule has 3 fully saturated rings. The van der Waals surface area contributed by atoms with Crippen molar-refractivity contribution in [2.45, 2.75) is 63.8 Å². The molecular formula is C31H46FN7O5. The number of carbonyl (C=O) groups is 1. The topological polar surface area (TPSA) is 109 Å². The molecule has 3 aliphatic rings. The van der Waals surface area contributed by atoms with Crippen LogP contribution in [-0.4, -0.2) is 119 Å². The second-order valence-corrected chi connectivity index (χ2v) is 13.3. The Labute approximate surface area is 258 Å². The van der Waals surface area contributed by atoms with E-state index in [0.717, 1.165) is 68.9 Å². The number of piperidine rings is 2. The van der Waals surface area contributed by atoms with E-state index >= 15 is 4.39 Å². The van der Waals surface area contributed by atoms with Crippen LogP contribution in [0.3, 0.4) is 0 Å². The first-order chi connectivity index (χ1) is 20.8. The second kappa shape index (κ2) is 12.9. The molecule has 3 saturated heterocycles. The lowest BCUT2D eigenvalue weighted by molar-refractivity contribution is -0.385. The molecule has 2 aromatic rings. The van der Waals surface area contributed by atoms with E-state index in [9.17, 15) is 14.9 Å². The first-order valence-electron chi connectivity index (χ1n) is 15.6. The molecule has 1 aromatic heterocycles. The van der Waals surface area contributed by atoms with Gasteiger partial charge in [0.15, 0.2) is 5.75 Å². The Morgan fingerprint density at radius 2 is 1.75 bits per heavy atom. The number of alkyl halides is 1. The normalized spacial score (nSPS) is 20.5. The Hall–Kier alpha value is -3.45. The van der Waals surface area contributed by atoms with E-state index in [4.69, 9.17) is 9.47 Å². The molecular weight excluding hydrogens is 569 g/mol. The van der Waals surface area contributed by atoms with E-state index in [0.29, 0.717) is 38.5 Å². The fourth-order valence-corrected chi connectivity index (χ4v) is 6.65. The third-order valence-electron chi connectivity index (χ3n) is 9.06. The zero-order valence-corrected chi connectivity index (χ0v) is 26.6. The Balaban J connectivity index is 1.14. The molecule has 0 saturated carbocycles. The fraction of sp³-hybridized carbons (Fsp3) is 0.677. The third kappa shape index (κ3) is 7.43. The molecule has 4 heterocycles. The van der Waals surface area contributed by atoms with Gasteiger partial charge in [-0.15, -0.1) is 0 Å². The van der Waals surface area contributed by atoms with Crippen molar-refractivity contribution in [3.05, 3.63) is 34.6 Å². The molecule has 1 aromatic carbocycles. The summed E-state index contributed by atoms with van der Waals surface area (Å²) < 4.78 is 28.3. The maximum atomic E-state index is 15.8. The number of nitrogens with zero attached hydrogens (tertiary/aromatic N) is 7. The van der Waals surface area contributed by atoms with Crippen molar-refractivity contribution in [2.24, 2.45) is 7.05 Å². The predicted octanol–water partition coefficient (Wildman–Crippen LogP) is 4.33. The number of rotatable bonds is 7. The minimum Gasteiger partial charge on any atom is -0.490 e. The molecule has 0 bridgehead atoms. The average molecular weight is 616 g/mol. The van der Waals surface area contributed by atoms with E-state index in [-0.39, 0.29) is 17.5 Å². The van der Waals surface area contributed by atoms with Gasteiger partial charge in [-0.05, 0) is 33.6 Å². The number of aryl methyl sites for hydroxylation is 1. The van der Waals surface area contributed by atoms with Crippen LogP contribution in [0.1, 0.15) is 46.5 Å². The van der Waals surface area contributed by atoms with Crippen molar-refractivity contribution < 1.29 is 23.6 Å². The van der Waals surface area contributed by atoms with Crippen LogP contribution in [0, 0.1) is 10.1 Å². The van der Waals surface area contributed by atoms with Crippen molar-refractivity contribution in [1.82, 2.24) is 24.5 Å². The van der Waals surface area contributed by atoms with Gasteiger partial charge in [0, 0.05) is 120 Å². The molecule has 0 spiro atoms. The number of amides is 1. The number of nitro benzene ring substituents is 1. The van der Waals surface area contributed by atoms with E-state index in [1.807, 2.05) is 34.0 Å². The molecule has 0 aliphatic carbocycles. The Morgan fingerprint density at radius 1 is 1.09 bits per heavy atom. The minimum absolute atomic E-state index is 0.0634. The fourth-order valence-electron chi connectivity index (χ4n) is 6.65. The standard InChI is InChI=1S/C31H46FN7O5/c1-30(2,3)44-29(40)38-12-8-31(32,9-13-38)22-35-14-16-36(17-15-35)24-6-10-37(11-7-24)26-19-28(43-5)27(39(41)42)18-25(26)23-20-33-34(4)21-23/h18-21,24H,6-17,22H2,1-5H3. The Morgan fingerprint density at radius 3 is 2.30 bits per heavy atom. The molecule has 242 valence electrons. The smallest absolute Gasteiger partial charge is 0.410 e. The Bertz CT molecular complexity index is 1320. The summed E-state index contributed by atoms with van der Waals surface area (Å²) in [5, 5.41) is 16.0. The van der Waals surface area contributed by atoms with Crippen LogP contribution < -0.4 is 9.64 Å². The first kappa shape index (κ1) is 32.0. The van der Waals surface area contributed by atoms with Crippen molar-refractivity contribution in [1.29, 1.82) is 0 Å². The highest BCUT2D eigenvalue weighted by molar-refractivity contribution is 5.82. The number of piperazine rings is 1. The summed E-state index contributed by atoms with van der Waals surface area (Å²) in [5.41, 5.74) is 0.603. The average Bonchev–Trinajstić information content (AvgIpc) is 3.42. The zero-order valence-electron chi connectivity index (χ0n) is 26.6. The maximum absolute atomic E-state index is 15.8. The predicted molar refractivity (Wildman–Crippen MR) is 166 cm³/mol. The van der Waals surface area contributed by atoms with Gasteiger partial charge in [0.05, 0.1) is 18.2 Å². The number of hydrogen-bond acceptors (Lipinski definition) is 9. The summed E-state index contributed by atoms with van der Waals surface area (Å²) in [6.07, 6.45) is 5.85. The molecule has 0 unspecified atom stereocenters. The highest BCUT2D eigenvalue weighted by Crippen LogP contribution is 2.41. The molecule has 0 radical (unpaired) electrons. The molecule has 3 aliphatic heterocycles. The minimum atomic E-state index is -1.29. The lowest BCUT2D eigenvalue weighted by atomic mass is 9.92. The van der Waals surface area contributed by atoms with Gasteiger partial charge in [-0.1, -0.05) is 0 Å². The quantitative estimate of drug-likeness (QED) is 0.332. The van der Waals surface area contributed by atoms with Crippen LogP contribution in [0.25, 0.3) is 11.1 Å². The van der Waals surface area contributed by atoms with Gasteiger partial charge in [-0.25, -0.2) is 9.18 Å². The number of halogens is 1. The van der Waals surface area contributed by atoms with Crippen molar-refractivity contribution in [2.75, 3.05) is 70.9 Å². The van der Waals surface area contributed by atoms with Crippen molar-refractivity contribution in [3.8, 4) is 16.9 Å². The van der Waals surface area contributed by atoms with Gasteiger partial charge in [0.2, 0.25) is 0 Å². The number of benzene rings is 1. The summed E-state index contributed by atoms with van der Waals surface area (Å²) in [6, 6.07) is 3.81. The van der Waals surface area contributed by atoms with E-state index < -0.39 is 16.2 Å². The summed E-state index contributed by atoms with van der Waals surface area (Å²) in [5.74, 6) is 0.247. The van der Waals surface area contributed by atoms with Crippen LogP contribution in [0.15, 0.2) is 24.5 Å². The number of nitro groups is 1. The van der Waals surface area contributed by atoms with Crippen molar-refractivity contribution in [3.63, 3.8) is 0 Å². The van der Waals surface area contributed by atoms with Gasteiger partial charge in [0.1, 0.15) is 11.3 Å². The summed E-state index contributed by atoms with van der Waals surface area (Å²) >= 11 is 0. The van der Waals surface area contributed by atoms with Crippen LogP contribution in [0.4, 0.5) is 20.6 Å². The number of anilines is 1. The number of ether oxygens (including phenoxy) is 2. The molecule has 0 atom stereocenters. The Kier molecular flexibility index (Phi) is 9.36. The number of carbonyl (C=O) groups excluding carboxylic acids is 1. The lowest BCUT2D eigenvalue weighted by Gasteiger charge is -2.45. The first-order valence-corrected chi connectivity index (χ1v) is 15.6. The number of hydrogen-bond donors (Lipinski definition) is 0. The number of aromatic nitrogens is 2.